The summed E-state index contributed by atoms with van der Waals surface area (Å²) in [6.45, 7) is 0.495. The number of amides is 1. The summed E-state index contributed by atoms with van der Waals surface area (Å²) in [4.78, 5) is 18.9. The summed E-state index contributed by atoms with van der Waals surface area (Å²) in [6, 6.07) is 5.27. The molecular weight excluding hydrogens is 288 g/mol. The van der Waals surface area contributed by atoms with Gasteiger partial charge in [0.15, 0.2) is 0 Å². The van der Waals surface area contributed by atoms with Gasteiger partial charge in [-0.05, 0) is 31.0 Å². The number of hydrogen-bond donors (Lipinski definition) is 1. The summed E-state index contributed by atoms with van der Waals surface area (Å²) >= 11 is 5.89. The van der Waals surface area contributed by atoms with Crippen LogP contribution in [-0.2, 0) is 13.6 Å². The fraction of sp³-hybridized carbons (Fsp3) is 0.333. The van der Waals surface area contributed by atoms with E-state index in [1.54, 1.807) is 24.4 Å². The molecule has 0 unspecified atom stereocenters. The Balaban J connectivity index is 1.87. The highest BCUT2D eigenvalue weighted by molar-refractivity contribution is 6.31. The number of rotatable bonds is 4. The Morgan fingerprint density at radius 1 is 1.52 bits per heavy atom. The third-order valence-corrected chi connectivity index (χ3v) is 3.96. The fourth-order valence-corrected chi connectivity index (χ4v) is 2.52. The van der Waals surface area contributed by atoms with Gasteiger partial charge in [0.05, 0.1) is 12.1 Å². The first-order valence-corrected chi connectivity index (χ1v) is 7.26. The highest BCUT2D eigenvalue weighted by Crippen LogP contribution is 2.31. The summed E-state index contributed by atoms with van der Waals surface area (Å²) in [6.07, 6.45) is 5.68. The molecule has 1 amide bonds. The number of aromatic nitrogens is 2. The first-order chi connectivity index (χ1) is 10.1. The summed E-state index contributed by atoms with van der Waals surface area (Å²) in [5, 5.41) is 0.533. The quantitative estimate of drug-likeness (QED) is 0.883. The molecule has 1 fully saturated rings. The fourth-order valence-electron chi connectivity index (χ4n) is 2.34. The number of halogens is 1. The van der Waals surface area contributed by atoms with Crippen molar-refractivity contribution in [1.82, 2.24) is 14.5 Å². The minimum Gasteiger partial charge on any atom is -0.398 e. The number of nitrogens with two attached hydrogens (primary N) is 1. The van der Waals surface area contributed by atoms with Gasteiger partial charge >= 0.3 is 0 Å². The number of aryl methyl sites for hydroxylation is 1. The van der Waals surface area contributed by atoms with Gasteiger partial charge in [-0.15, -0.1) is 0 Å². The molecule has 1 aliphatic rings. The number of anilines is 1. The van der Waals surface area contributed by atoms with Gasteiger partial charge in [-0.1, -0.05) is 11.6 Å². The first kappa shape index (κ1) is 13.9. The number of carbonyl (C=O) groups excluding carboxylic acids is 1. The van der Waals surface area contributed by atoms with Crippen molar-refractivity contribution in [1.29, 1.82) is 0 Å². The van der Waals surface area contributed by atoms with E-state index in [0.29, 0.717) is 22.8 Å². The number of nitrogen functional groups attached to an aromatic ring is 1. The van der Waals surface area contributed by atoms with Gasteiger partial charge < -0.3 is 15.2 Å². The Labute approximate surface area is 128 Å². The summed E-state index contributed by atoms with van der Waals surface area (Å²) in [5.41, 5.74) is 6.85. The van der Waals surface area contributed by atoms with E-state index in [1.165, 1.54) is 0 Å². The van der Waals surface area contributed by atoms with Crippen molar-refractivity contribution in [2.45, 2.75) is 25.4 Å². The lowest BCUT2D eigenvalue weighted by atomic mass is 10.1. The molecule has 110 valence electrons. The molecule has 1 aliphatic carbocycles. The first-order valence-electron chi connectivity index (χ1n) is 6.88. The summed E-state index contributed by atoms with van der Waals surface area (Å²) in [7, 11) is 1.93. The Morgan fingerprint density at radius 2 is 2.29 bits per heavy atom. The smallest absolute Gasteiger partial charge is 0.256 e. The minimum absolute atomic E-state index is 0.0605. The SMILES string of the molecule is Cn1ccnc1CN(C(=O)c1ccc(Cl)cc1N)C1CC1. The molecule has 2 aromatic rings. The van der Waals surface area contributed by atoms with E-state index < -0.39 is 0 Å². The van der Waals surface area contributed by atoms with Crippen molar-refractivity contribution >= 4 is 23.2 Å². The molecule has 21 heavy (non-hydrogen) atoms. The molecule has 0 radical (unpaired) electrons. The second-order valence-electron chi connectivity index (χ2n) is 5.35. The summed E-state index contributed by atoms with van der Waals surface area (Å²) in [5.74, 6) is 0.803. The standard InChI is InChI=1S/C15H17ClN4O/c1-19-7-6-18-14(19)9-20(11-3-4-11)15(21)12-5-2-10(16)8-13(12)17/h2,5-8,11H,3-4,9,17H2,1H3. The number of hydrogen-bond acceptors (Lipinski definition) is 3. The average molecular weight is 305 g/mol. The van der Waals surface area contributed by atoms with Crippen LogP contribution in [0.25, 0.3) is 0 Å². The Hall–Kier alpha value is -2.01. The molecule has 2 N–H and O–H groups in total. The van der Waals surface area contributed by atoms with E-state index in [1.807, 2.05) is 22.7 Å². The van der Waals surface area contributed by atoms with Gasteiger partial charge in [0, 0.05) is 36.2 Å². The Kier molecular flexibility index (Phi) is 3.59. The third-order valence-electron chi connectivity index (χ3n) is 3.73. The number of benzene rings is 1. The molecule has 1 heterocycles. The number of carbonyl (C=O) groups is 1. The maximum absolute atomic E-state index is 12.8. The normalized spacial score (nSPS) is 14.2. The van der Waals surface area contributed by atoms with Crippen LogP contribution >= 0.6 is 11.6 Å². The van der Waals surface area contributed by atoms with Crippen molar-refractivity contribution in [3.8, 4) is 0 Å². The van der Waals surface area contributed by atoms with Crippen LogP contribution in [0.5, 0.6) is 0 Å². The van der Waals surface area contributed by atoms with Crippen LogP contribution in [0, 0.1) is 0 Å². The predicted octanol–water partition coefficient (Wildman–Crippen LogP) is 2.46. The molecule has 1 aromatic heterocycles. The maximum atomic E-state index is 12.8. The highest BCUT2D eigenvalue weighted by Gasteiger charge is 2.34. The van der Waals surface area contributed by atoms with Gasteiger partial charge in [0.1, 0.15) is 5.82 Å². The monoisotopic (exact) mass is 304 g/mol. The van der Waals surface area contributed by atoms with Crippen LogP contribution in [0.1, 0.15) is 29.0 Å². The average Bonchev–Trinajstić information content (AvgIpc) is 3.19. The predicted molar refractivity (Wildman–Crippen MR) is 82.0 cm³/mol. The van der Waals surface area contributed by atoms with E-state index in [2.05, 4.69) is 4.98 Å². The van der Waals surface area contributed by atoms with E-state index >= 15 is 0 Å². The lowest BCUT2D eigenvalue weighted by Gasteiger charge is -2.23. The van der Waals surface area contributed by atoms with Gasteiger partial charge in [0.25, 0.3) is 5.91 Å². The molecule has 6 heteroatoms. The third kappa shape index (κ3) is 2.88. The van der Waals surface area contributed by atoms with Crippen LogP contribution in [0.15, 0.2) is 30.6 Å². The molecule has 0 saturated heterocycles. The van der Waals surface area contributed by atoms with E-state index in [9.17, 15) is 4.79 Å². The van der Waals surface area contributed by atoms with Crippen molar-refractivity contribution < 1.29 is 4.79 Å². The van der Waals surface area contributed by atoms with Crippen molar-refractivity contribution in [2.24, 2.45) is 7.05 Å². The molecule has 1 saturated carbocycles. The van der Waals surface area contributed by atoms with E-state index in [4.69, 9.17) is 17.3 Å². The molecule has 0 aliphatic heterocycles. The van der Waals surface area contributed by atoms with Crippen LogP contribution < -0.4 is 5.73 Å². The lowest BCUT2D eigenvalue weighted by Crippen LogP contribution is -2.34. The van der Waals surface area contributed by atoms with Crippen LogP contribution in [0.3, 0.4) is 0 Å². The molecule has 0 bridgehead atoms. The van der Waals surface area contributed by atoms with Crippen molar-refractivity contribution in [3.05, 3.63) is 47.0 Å². The lowest BCUT2D eigenvalue weighted by molar-refractivity contribution is 0.0725. The van der Waals surface area contributed by atoms with Crippen LogP contribution in [0.2, 0.25) is 5.02 Å². The number of nitrogens with zero attached hydrogens (tertiary/aromatic N) is 3. The largest absolute Gasteiger partial charge is 0.398 e. The second kappa shape index (κ2) is 5.41. The van der Waals surface area contributed by atoms with Gasteiger partial charge in [-0.2, -0.15) is 0 Å². The van der Waals surface area contributed by atoms with E-state index in [-0.39, 0.29) is 11.9 Å². The van der Waals surface area contributed by atoms with Crippen molar-refractivity contribution in [3.63, 3.8) is 0 Å². The van der Waals surface area contributed by atoms with Gasteiger partial charge in [-0.3, -0.25) is 4.79 Å². The zero-order valence-corrected chi connectivity index (χ0v) is 12.5. The van der Waals surface area contributed by atoms with Crippen LogP contribution in [-0.4, -0.2) is 26.4 Å². The molecule has 0 atom stereocenters. The second-order valence-corrected chi connectivity index (χ2v) is 5.79. The maximum Gasteiger partial charge on any atom is 0.256 e. The van der Waals surface area contributed by atoms with Crippen molar-refractivity contribution in [2.75, 3.05) is 5.73 Å². The molecular formula is C15H17ClN4O. The van der Waals surface area contributed by atoms with Crippen LogP contribution in [0.4, 0.5) is 5.69 Å². The van der Waals surface area contributed by atoms with Gasteiger partial charge in [-0.25, -0.2) is 4.98 Å². The zero-order chi connectivity index (χ0) is 15.0. The van der Waals surface area contributed by atoms with E-state index in [0.717, 1.165) is 18.7 Å². The van der Waals surface area contributed by atoms with Gasteiger partial charge in [0.2, 0.25) is 0 Å². The summed E-state index contributed by atoms with van der Waals surface area (Å²) < 4.78 is 1.92. The minimum atomic E-state index is -0.0605. The number of imidazole rings is 1. The topological polar surface area (TPSA) is 64.2 Å². The molecule has 1 aromatic carbocycles. The zero-order valence-electron chi connectivity index (χ0n) is 11.8. The molecule has 3 rings (SSSR count). The Morgan fingerprint density at radius 3 is 2.86 bits per heavy atom. The molecule has 0 spiro atoms. The highest BCUT2D eigenvalue weighted by atomic mass is 35.5. The molecule has 5 nitrogen and oxygen atoms in total. The Bertz CT molecular complexity index is 678.